The average Bonchev–Trinajstić information content (AvgIpc) is 3.00. The first-order chi connectivity index (χ1) is 7.15. The third-order valence-electron chi connectivity index (χ3n) is 2.70. The lowest BCUT2D eigenvalue weighted by molar-refractivity contribution is -0.892. The summed E-state index contributed by atoms with van der Waals surface area (Å²) in [4.78, 5) is 16.1. The number of nitrogens with zero attached hydrogens (tertiary/aromatic N) is 1. The van der Waals surface area contributed by atoms with Crippen LogP contribution in [0.3, 0.4) is 0 Å². The predicted molar refractivity (Wildman–Crippen MR) is 52.8 cm³/mol. The van der Waals surface area contributed by atoms with Crippen molar-refractivity contribution in [3.8, 4) is 0 Å². The Bertz CT molecular complexity index is 411. The fourth-order valence-electron chi connectivity index (χ4n) is 1.85. The molecule has 0 atom stereocenters. The van der Waals surface area contributed by atoms with Gasteiger partial charge in [-0.25, -0.2) is 4.79 Å². The fourth-order valence-corrected chi connectivity index (χ4v) is 1.85. The van der Waals surface area contributed by atoms with Gasteiger partial charge in [0.15, 0.2) is 0 Å². The minimum absolute atomic E-state index is 0.185. The Morgan fingerprint density at radius 3 is 2.67 bits per heavy atom. The number of pyridine rings is 1. The standard InChI is InChI=1S/C11H13NO3/c1-7-3-6-9(11(13)14)12(15-2)10(7)8-4-5-8/h3,6,8H,4-5H2,1-2H3/p+1. The molecule has 2 rings (SSSR count). The molecule has 1 aromatic heterocycles. The first kappa shape index (κ1) is 9.96. The van der Waals surface area contributed by atoms with Gasteiger partial charge in [0, 0.05) is 22.3 Å². The van der Waals surface area contributed by atoms with Crippen molar-refractivity contribution in [2.45, 2.75) is 25.7 Å². The van der Waals surface area contributed by atoms with E-state index < -0.39 is 5.97 Å². The highest BCUT2D eigenvalue weighted by Gasteiger charge is 2.38. The maximum absolute atomic E-state index is 11.0. The van der Waals surface area contributed by atoms with Crippen LogP contribution in [0.5, 0.6) is 0 Å². The monoisotopic (exact) mass is 208 g/mol. The Balaban J connectivity index is 2.58. The number of carboxylic acid groups (broad SMARTS) is 1. The Morgan fingerprint density at radius 1 is 1.53 bits per heavy atom. The summed E-state index contributed by atoms with van der Waals surface area (Å²) in [5, 5.41) is 9.01. The predicted octanol–water partition coefficient (Wildman–Crippen LogP) is 0.917. The molecule has 1 heterocycles. The molecule has 1 saturated carbocycles. The number of hydrogen-bond acceptors (Lipinski definition) is 2. The number of carbonyl (C=O) groups is 1. The summed E-state index contributed by atoms with van der Waals surface area (Å²) in [6.45, 7) is 1.98. The number of aromatic carboxylic acids is 1. The second-order valence-electron chi connectivity index (χ2n) is 3.84. The molecule has 4 heteroatoms. The van der Waals surface area contributed by atoms with Crippen LogP contribution in [0, 0.1) is 6.92 Å². The van der Waals surface area contributed by atoms with Gasteiger partial charge in [-0.1, -0.05) is 0 Å². The second-order valence-corrected chi connectivity index (χ2v) is 3.84. The molecule has 0 aliphatic heterocycles. The zero-order chi connectivity index (χ0) is 11.0. The summed E-state index contributed by atoms with van der Waals surface area (Å²) in [6.07, 6.45) is 2.24. The molecular weight excluding hydrogens is 194 g/mol. The van der Waals surface area contributed by atoms with E-state index in [1.165, 1.54) is 11.8 Å². The van der Waals surface area contributed by atoms with Gasteiger partial charge in [-0.2, -0.15) is 0 Å². The van der Waals surface area contributed by atoms with E-state index in [-0.39, 0.29) is 5.69 Å². The minimum atomic E-state index is -0.959. The van der Waals surface area contributed by atoms with E-state index in [9.17, 15) is 4.79 Å². The highest BCUT2D eigenvalue weighted by Crippen LogP contribution is 2.39. The number of aryl methyl sites for hydroxylation is 1. The van der Waals surface area contributed by atoms with Crippen molar-refractivity contribution >= 4 is 5.97 Å². The Morgan fingerprint density at radius 2 is 2.20 bits per heavy atom. The number of rotatable bonds is 3. The van der Waals surface area contributed by atoms with Crippen LogP contribution in [0.2, 0.25) is 0 Å². The van der Waals surface area contributed by atoms with E-state index >= 15 is 0 Å². The highest BCUT2D eigenvalue weighted by atomic mass is 16.6. The van der Waals surface area contributed by atoms with Gasteiger partial charge < -0.3 is 5.11 Å². The van der Waals surface area contributed by atoms with Gasteiger partial charge in [-0.3, -0.25) is 4.84 Å². The van der Waals surface area contributed by atoms with Crippen molar-refractivity contribution in [3.05, 3.63) is 29.1 Å². The normalized spacial score (nSPS) is 15.1. The van der Waals surface area contributed by atoms with Crippen molar-refractivity contribution < 1.29 is 19.5 Å². The van der Waals surface area contributed by atoms with Gasteiger partial charge in [0.2, 0.25) is 5.69 Å². The number of hydrogen-bond donors (Lipinski definition) is 1. The molecule has 0 bridgehead atoms. The van der Waals surface area contributed by atoms with Gasteiger partial charge in [0.05, 0.1) is 0 Å². The van der Waals surface area contributed by atoms with Crippen molar-refractivity contribution in [1.29, 1.82) is 0 Å². The first-order valence-electron chi connectivity index (χ1n) is 4.98. The third-order valence-corrected chi connectivity index (χ3v) is 2.70. The van der Waals surface area contributed by atoms with E-state index in [2.05, 4.69) is 0 Å². The summed E-state index contributed by atoms with van der Waals surface area (Å²) in [5.41, 5.74) is 2.27. The largest absolute Gasteiger partial charge is 0.473 e. The van der Waals surface area contributed by atoms with Gasteiger partial charge in [-0.15, -0.1) is 0 Å². The molecule has 0 spiro atoms. The zero-order valence-electron chi connectivity index (χ0n) is 8.86. The molecular formula is C11H14NO3+. The van der Waals surface area contributed by atoms with Gasteiger partial charge >= 0.3 is 11.7 Å². The smallest absolute Gasteiger partial charge is 0.406 e. The lowest BCUT2D eigenvalue weighted by atomic mass is 10.1. The van der Waals surface area contributed by atoms with Crippen molar-refractivity contribution in [2.75, 3.05) is 7.11 Å². The van der Waals surface area contributed by atoms with E-state index in [1.54, 1.807) is 6.07 Å². The van der Waals surface area contributed by atoms with Gasteiger partial charge in [0.25, 0.3) is 0 Å². The third kappa shape index (κ3) is 1.67. The molecule has 1 aliphatic rings. The van der Waals surface area contributed by atoms with E-state index in [1.807, 2.05) is 13.0 Å². The summed E-state index contributed by atoms with van der Waals surface area (Å²) >= 11 is 0. The minimum Gasteiger partial charge on any atom is -0.473 e. The van der Waals surface area contributed by atoms with Gasteiger partial charge in [-0.05, 0) is 25.8 Å². The molecule has 80 valence electrons. The molecule has 15 heavy (non-hydrogen) atoms. The Hall–Kier alpha value is -1.58. The molecule has 1 fully saturated rings. The van der Waals surface area contributed by atoms with Crippen molar-refractivity contribution in [2.24, 2.45) is 0 Å². The van der Waals surface area contributed by atoms with Crippen LogP contribution in [-0.4, -0.2) is 18.2 Å². The Kier molecular flexibility index (Phi) is 2.34. The molecule has 1 N–H and O–H groups in total. The summed E-state index contributed by atoms with van der Waals surface area (Å²) < 4.78 is 1.44. The maximum atomic E-state index is 11.0. The Labute approximate surface area is 88.1 Å². The van der Waals surface area contributed by atoms with E-state index in [0.29, 0.717) is 5.92 Å². The SMILES string of the molecule is CO[n+]1c(C(=O)O)ccc(C)c1C1CC1. The molecule has 0 radical (unpaired) electrons. The van der Waals surface area contributed by atoms with E-state index in [0.717, 1.165) is 24.1 Å². The lowest BCUT2D eigenvalue weighted by Crippen LogP contribution is -2.50. The molecule has 0 unspecified atom stereocenters. The van der Waals surface area contributed by atoms with Crippen LogP contribution in [0.25, 0.3) is 0 Å². The zero-order valence-corrected chi connectivity index (χ0v) is 8.86. The lowest BCUT2D eigenvalue weighted by Gasteiger charge is -2.04. The quantitative estimate of drug-likeness (QED) is 0.751. The average molecular weight is 208 g/mol. The highest BCUT2D eigenvalue weighted by molar-refractivity contribution is 5.83. The maximum Gasteiger partial charge on any atom is 0.406 e. The van der Waals surface area contributed by atoms with Gasteiger partial charge in [0.1, 0.15) is 7.11 Å². The summed E-state index contributed by atoms with van der Waals surface area (Å²) in [7, 11) is 1.50. The number of carboxylic acids is 1. The number of aromatic nitrogens is 1. The molecule has 0 amide bonds. The van der Waals surface area contributed by atoms with Crippen LogP contribution in [0.1, 0.15) is 40.5 Å². The van der Waals surface area contributed by atoms with Crippen molar-refractivity contribution in [1.82, 2.24) is 0 Å². The summed E-state index contributed by atoms with van der Waals surface area (Å²) in [5.74, 6) is -0.497. The molecule has 4 nitrogen and oxygen atoms in total. The summed E-state index contributed by atoms with van der Waals surface area (Å²) in [6, 6.07) is 3.42. The second kappa shape index (κ2) is 3.53. The fraction of sp³-hybridized carbons (Fsp3) is 0.455. The molecule has 0 saturated heterocycles. The van der Waals surface area contributed by atoms with Crippen LogP contribution in [0.15, 0.2) is 12.1 Å². The molecule has 0 aromatic carbocycles. The van der Waals surface area contributed by atoms with Crippen LogP contribution in [-0.2, 0) is 0 Å². The van der Waals surface area contributed by atoms with Crippen LogP contribution < -0.4 is 9.57 Å². The van der Waals surface area contributed by atoms with E-state index in [4.69, 9.17) is 9.94 Å². The van der Waals surface area contributed by atoms with Crippen LogP contribution in [0.4, 0.5) is 0 Å². The van der Waals surface area contributed by atoms with Crippen molar-refractivity contribution in [3.63, 3.8) is 0 Å². The van der Waals surface area contributed by atoms with Crippen LogP contribution >= 0.6 is 0 Å². The molecule has 1 aliphatic carbocycles. The molecule has 1 aromatic rings. The topological polar surface area (TPSA) is 50.4 Å². The first-order valence-corrected chi connectivity index (χ1v) is 4.98.